The molecule has 5 nitrogen and oxygen atoms in total. The molecule has 0 heterocycles. The Morgan fingerprint density at radius 2 is 1.60 bits per heavy atom. The molecule has 134 valence electrons. The number of carbonyl (C=O) groups is 1. The van der Waals surface area contributed by atoms with Gasteiger partial charge in [-0.15, -0.1) is 0 Å². The molecule has 0 aliphatic rings. The smallest absolute Gasteiger partial charge is 0.235 e. The summed E-state index contributed by atoms with van der Waals surface area (Å²) in [5.74, 6) is -0.484. The SMILES string of the molecule is CCc1ccccc1CS(=O)(=O)NCC(=O)NC(C)c1ccccc1. The molecule has 1 atom stereocenters. The van der Waals surface area contributed by atoms with Crippen LogP contribution in [0.3, 0.4) is 0 Å². The summed E-state index contributed by atoms with van der Waals surface area (Å²) < 4.78 is 26.9. The Hall–Kier alpha value is -2.18. The summed E-state index contributed by atoms with van der Waals surface area (Å²) in [6, 6.07) is 16.8. The van der Waals surface area contributed by atoms with Crippen molar-refractivity contribution in [3.05, 3.63) is 71.3 Å². The van der Waals surface area contributed by atoms with Crippen molar-refractivity contribution in [3.8, 4) is 0 Å². The quantitative estimate of drug-likeness (QED) is 0.760. The molecule has 0 spiro atoms. The molecule has 6 heteroatoms. The number of nitrogens with one attached hydrogen (secondary N) is 2. The maximum Gasteiger partial charge on any atom is 0.235 e. The van der Waals surface area contributed by atoms with Crippen LogP contribution in [0.25, 0.3) is 0 Å². The van der Waals surface area contributed by atoms with Crippen molar-refractivity contribution in [2.24, 2.45) is 0 Å². The van der Waals surface area contributed by atoms with E-state index in [0.29, 0.717) is 0 Å². The first kappa shape index (κ1) is 19.1. The Kier molecular flexibility index (Phi) is 6.73. The lowest BCUT2D eigenvalue weighted by molar-refractivity contribution is -0.120. The van der Waals surface area contributed by atoms with Gasteiger partial charge in [0, 0.05) is 0 Å². The van der Waals surface area contributed by atoms with Gasteiger partial charge in [0.25, 0.3) is 0 Å². The summed E-state index contributed by atoms with van der Waals surface area (Å²) in [5.41, 5.74) is 2.72. The van der Waals surface area contributed by atoms with Crippen molar-refractivity contribution in [1.82, 2.24) is 10.0 Å². The Bertz CT molecular complexity index is 804. The molecular weight excluding hydrogens is 336 g/mol. The number of benzene rings is 2. The highest BCUT2D eigenvalue weighted by Crippen LogP contribution is 2.13. The molecule has 0 aliphatic carbocycles. The molecular formula is C19H24N2O3S. The highest BCUT2D eigenvalue weighted by atomic mass is 32.2. The van der Waals surface area contributed by atoms with Crippen LogP contribution < -0.4 is 10.0 Å². The Balaban J connectivity index is 1.90. The van der Waals surface area contributed by atoms with Gasteiger partial charge in [-0.2, -0.15) is 0 Å². The molecule has 0 bridgehead atoms. The fraction of sp³-hybridized carbons (Fsp3) is 0.316. The molecule has 2 N–H and O–H groups in total. The lowest BCUT2D eigenvalue weighted by atomic mass is 10.1. The second-order valence-corrected chi connectivity index (χ2v) is 7.71. The van der Waals surface area contributed by atoms with E-state index in [0.717, 1.165) is 23.1 Å². The average Bonchev–Trinajstić information content (AvgIpc) is 2.61. The van der Waals surface area contributed by atoms with E-state index in [1.807, 2.05) is 62.4 Å². The summed E-state index contributed by atoms with van der Waals surface area (Å²) in [5, 5.41) is 2.79. The van der Waals surface area contributed by atoms with Crippen LogP contribution >= 0.6 is 0 Å². The van der Waals surface area contributed by atoms with Crippen LogP contribution in [0.1, 0.15) is 36.6 Å². The predicted molar refractivity (Wildman–Crippen MR) is 99.4 cm³/mol. The van der Waals surface area contributed by atoms with Crippen LogP contribution in [0.15, 0.2) is 54.6 Å². The second kappa shape index (κ2) is 8.78. The monoisotopic (exact) mass is 360 g/mol. The van der Waals surface area contributed by atoms with Gasteiger partial charge in [0.15, 0.2) is 0 Å². The minimum atomic E-state index is -3.57. The molecule has 0 fully saturated rings. The van der Waals surface area contributed by atoms with Crippen molar-refractivity contribution in [2.45, 2.75) is 32.1 Å². The van der Waals surface area contributed by atoms with Gasteiger partial charge >= 0.3 is 0 Å². The summed E-state index contributed by atoms with van der Waals surface area (Å²) in [6.45, 7) is 3.57. The number of amides is 1. The van der Waals surface area contributed by atoms with Crippen molar-refractivity contribution in [3.63, 3.8) is 0 Å². The number of aryl methyl sites for hydroxylation is 1. The number of hydrogen-bond acceptors (Lipinski definition) is 3. The zero-order chi connectivity index (χ0) is 18.3. The lowest BCUT2D eigenvalue weighted by Crippen LogP contribution is -2.38. The van der Waals surface area contributed by atoms with Crippen molar-refractivity contribution < 1.29 is 13.2 Å². The highest BCUT2D eigenvalue weighted by molar-refractivity contribution is 7.88. The van der Waals surface area contributed by atoms with Crippen molar-refractivity contribution >= 4 is 15.9 Å². The van der Waals surface area contributed by atoms with Gasteiger partial charge < -0.3 is 5.32 Å². The number of hydrogen-bond donors (Lipinski definition) is 2. The minimum Gasteiger partial charge on any atom is -0.348 e. The van der Waals surface area contributed by atoms with E-state index < -0.39 is 10.0 Å². The van der Waals surface area contributed by atoms with Gasteiger partial charge in [0.05, 0.1) is 18.3 Å². The summed E-state index contributed by atoms with van der Waals surface area (Å²) >= 11 is 0. The Labute approximate surface area is 149 Å². The van der Waals surface area contributed by atoms with E-state index >= 15 is 0 Å². The number of carbonyl (C=O) groups excluding carboxylic acids is 1. The maximum atomic E-state index is 12.2. The fourth-order valence-corrected chi connectivity index (χ4v) is 3.74. The lowest BCUT2D eigenvalue weighted by Gasteiger charge is -2.15. The first-order valence-corrected chi connectivity index (χ1v) is 9.95. The summed E-state index contributed by atoms with van der Waals surface area (Å²) in [4.78, 5) is 12.0. The molecule has 0 radical (unpaired) electrons. The second-order valence-electron chi connectivity index (χ2n) is 5.90. The van der Waals surface area contributed by atoms with E-state index in [1.165, 1.54) is 0 Å². The molecule has 2 aromatic rings. The molecule has 0 saturated carbocycles. The van der Waals surface area contributed by atoms with Gasteiger partial charge in [-0.3, -0.25) is 4.79 Å². The largest absolute Gasteiger partial charge is 0.348 e. The number of rotatable bonds is 8. The highest BCUT2D eigenvalue weighted by Gasteiger charge is 2.16. The van der Waals surface area contributed by atoms with E-state index in [2.05, 4.69) is 10.0 Å². The van der Waals surface area contributed by atoms with Gasteiger partial charge in [-0.1, -0.05) is 61.5 Å². The third-order valence-corrected chi connectivity index (χ3v) is 5.25. The topological polar surface area (TPSA) is 75.3 Å². The summed E-state index contributed by atoms with van der Waals surface area (Å²) in [7, 11) is -3.57. The van der Waals surface area contributed by atoms with Crippen LogP contribution in [-0.4, -0.2) is 20.9 Å². The van der Waals surface area contributed by atoms with Crippen molar-refractivity contribution in [1.29, 1.82) is 0 Å². The van der Waals surface area contributed by atoms with Crippen LogP contribution in [0.4, 0.5) is 0 Å². The minimum absolute atomic E-state index is 0.126. The number of sulfonamides is 1. The van der Waals surface area contributed by atoms with Crippen LogP contribution in [0.2, 0.25) is 0 Å². The van der Waals surface area contributed by atoms with E-state index in [4.69, 9.17) is 0 Å². The van der Waals surface area contributed by atoms with Crippen LogP contribution in [-0.2, 0) is 27.0 Å². The summed E-state index contributed by atoms with van der Waals surface area (Å²) in [6.07, 6.45) is 0.765. The predicted octanol–water partition coefficient (Wildman–Crippen LogP) is 2.55. The molecule has 0 aromatic heterocycles. The normalized spacial score (nSPS) is 12.6. The van der Waals surface area contributed by atoms with Gasteiger partial charge in [0.1, 0.15) is 0 Å². The fourth-order valence-electron chi connectivity index (χ4n) is 2.59. The zero-order valence-corrected chi connectivity index (χ0v) is 15.3. The van der Waals surface area contributed by atoms with Gasteiger partial charge in [-0.05, 0) is 30.0 Å². The molecule has 25 heavy (non-hydrogen) atoms. The first-order chi connectivity index (χ1) is 11.9. The van der Waals surface area contributed by atoms with Crippen LogP contribution in [0, 0.1) is 0 Å². The molecule has 2 aromatic carbocycles. The first-order valence-electron chi connectivity index (χ1n) is 8.29. The molecule has 1 amide bonds. The van der Waals surface area contributed by atoms with Crippen molar-refractivity contribution in [2.75, 3.05) is 6.54 Å². The van der Waals surface area contributed by atoms with Gasteiger partial charge in [0.2, 0.25) is 15.9 Å². The van der Waals surface area contributed by atoms with E-state index in [-0.39, 0.29) is 24.2 Å². The van der Waals surface area contributed by atoms with Crippen LogP contribution in [0.5, 0.6) is 0 Å². The third kappa shape index (κ3) is 5.99. The molecule has 0 aliphatic heterocycles. The van der Waals surface area contributed by atoms with E-state index in [1.54, 1.807) is 6.07 Å². The zero-order valence-electron chi connectivity index (χ0n) is 14.5. The molecule has 1 unspecified atom stereocenters. The molecule has 0 saturated heterocycles. The average molecular weight is 360 g/mol. The molecule has 2 rings (SSSR count). The van der Waals surface area contributed by atoms with Gasteiger partial charge in [-0.25, -0.2) is 13.1 Å². The third-order valence-electron chi connectivity index (χ3n) is 3.97. The Morgan fingerprint density at radius 3 is 2.24 bits per heavy atom. The van der Waals surface area contributed by atoms with E-state index in [9.17, 15) is 13.2 Å². The maximum absolute atomic E-state index is 12.2. The Morgan fingerprint density at radius 1 is 1.00 bits per heavy atom. The standard InChI is InChI=1S/C19H24N2O3S/c1-3-16-9-7-8-12-18(16)14-25(23,24)20-13-19(22)21-15(2)17-10-5-4-6-11-17/h4-12,15,20H,3,13-14H2,1-2H3,(H,21,22).